The molecule has 1 aromatic rings. The first-order valence-corrected chi connectivity index (χ1v) is 10.1. The summed E-state index contributed by atoms with van der Waals surface area (Å²) in [5.41, 5.74) is -0.401. The van der Waals surface area contributed by atoms with Crippen molar-refractivity contribution < 1.29 is 24.2 Å². The number of methoxy groups -OCH3 is 1. The Labute approximate surface area is 166 Å². The van der Waals surface area contributed by atoms with Crippen LogP contribution in [0.4, 0.5) is 0 Å². The summed E-state index contributed by atoms with van der Waals surface area (Å²) in [6.07, 6.45) is 4.03. The quantitative estimate of drug-likeness (QED) is 0.724. The summed E-state index contributed by atoms with van der Waals surface area (Å²) in [6, 6.07) is 4.54. The van der Waals surface area contributed by atoms with Gasteiger partial charge in [-0.3, -0.25) is 9.59 Å². The third-order valence-corrected chi connectivity index (χ3v) is 5.63. The molecule has 2 heterocycles. The van der Waals surface area contributed by atoms with Gasteiger partial charge < -0.3 is 24.4 Å². The molecule has 2 saturated heterocycles. The minimum absolute atomic E-state index is 0.0332. The number of ether oxygens (including phenoxy) is 2. The van der Waals surface area contributed by atoms with Crippen LogP contribution in [0.3, 0.4) is 0 Å². The topological polar surface area (TPSA) is 79.3 Å². The Balaban J connectivity index is 1.84. The van der Waals surface area contributed by atoms with Crippen LogP contribution in [-0.2, 0) is 9.53 Å². The SMILES string of the molecule is CCCN1CCCC2(CCCN2C(=O)c2cc(O)cc(OCCOC)c2)C1=O. The molecule has 0 aliphatic carbocycles. The van der Waals surface area contributed by atoms with E-state index in [4.69, 9.17) is 9.47 Å². The van der Waals surface area contributed by atoms with Gasteiger partial charge in [-0.05, 0) is 44.2 Å². The molecule has 1 unspecified atom stereocenters. The molecule has 154 valence electrons. The second-order valence-corrected chi connectivity index (χ2v) is 7.54. The van der Waals surface area contributed by atoms with E-state index in [0.29, 0.717) is 43.9 Å². The molecule has 7 heteroatoms. The normalized spacial score (nSPS) is 22.1. The van der Waals surface area contributed by atoms with Gasteiger partial charge in [-0.15, -0.1) is 0 Å². The fraction of sp³-hybridized carbons (Fsp3) is 0.619. The van der Waals surface area contributed by atoms with E-state index >= 15 is 0 Å². The zero-order valence-corrected chi connectivity index (χ0v) is 16.8. The van der Waals surface area contributed by atoms with Crippen molar-refractivity contribution in [1.82, 2.24) is 9.80 Å². The molecule has 2 aliphatic heterocycles. The number of phenolic OH excluding ortho intramolecular Hbond substituents is 1. The van der Waals surface area contributed by atoms with Crippen LogP contribution in [-0.4, -0.2) is 72.2 Å². The van der Waals surface area contributed by atoms with E-state index < -0.39 is 5.54 Å². The molecule has 0 aromatic heterocycles. The number of aromatic hydroxyl groups is 1. The van der Waals surface area contributed by atoms with Crippen LogP contribution >= 0.6 is 0 Å². The van der Waals surface area contributed by atoms with Crippen molar-refractivity contribution in [3.63, 3.8) is 0 Å². The molecule has 0 bridgehead atoms. The van der Waals surface area contributed by atoms with Gasteiger partial charge in [-0.2, -0.15) is 0 Å². The third kappa shape index (κ3) is 3.94. The van der Waals surface area contributed by atoms with Gasteiger partial charge in [0.05, 0.1) is 6.61 Å². The molecule has 7 nitrogen and oxygen atoms in total. The van der Waals surface area contributed by atoms with E-state index in [1.54, 1.807) is 18.1 Å². The van der Waals surface area contributed by atoms with E-state index in [1.807, 2.05) is 4.90 Å². The highest BCUT2D eigenvalue weighted by atomic mass is 16.5. The Hall–Kier alpha value is -2.28. The van der Waals surface area contributed by atoms with Gasteiger partial charge >= 0.3 is 0 Å². The Kier molecular flexibility index (Phi) is 6.44. The third-order valence-electron chi connectivity index (χ3n) is 5.63. The molecule has 1 aromatic carbocycles. The van der Waals surface area contributed by atoms with Gasteiger partial charge in [0, 0.05) is 38.4 Å². The first-order valence-electron chi connectivity index (χ1n) is 10.1. The fourth-order valence-electron chi connectivity index (χ4n) is 4.39. The number of piperidine rings is 1. The Morgan fingerprint density at radius 2 is 1.93 bits per heavy atom. The number of phenols is 1. The van der Waals surface area contributed by atoms with Crippen LogP contribution in [0.2, 0.25) is 0 Å². The predicted molar refractivity (Wildman–Crippen MR) is 105 cm³/mol. The molecule has 2 amide bonds. The van der Waals surface area contributed by atoms with Crippen LogP contribution < -0.4 is 4.74 Å². The average molecular weight is 390 g/mol. The summed E-state index contributed by atoms with van der Waals surface area (Å²) in [5.74, 6) is 0.227. The monoisotopic (exact) mass is 390 g/mol. The van der Waals surface area contributed by atoms with Gasteiger partial charge in [0.2, 0.25) is 5.91 Å². The lowest BCUT2D eigenvalue weighted by Gasteiger charge is -2.44. The Morgan fingerprint density at radius 1 is 1.18 bits per heavy atom. The van der Waals surface area contributed by atoms with Crippen LogP contribution in [0, 0.1) is 0 Å². The molecule has 2 fully saturated rings. The van der Waals surface area contributed by atoms with Crippen LogP contribution in [0.25, 0.3) is 0 Å². The first kappa shape index (κ1) is 20.5. The predicted octanol–water partition coefficient (Wildman–Crippen LogP) is 2.42. The second-order valence-electron chi connectivity index (χ2n) is 7.54. The largest absolute Gasteiger partial charge is 0.508 e. The van der Waals surface area contributed by atoms with Crippen molar-refractivity contribution in [3.05, 3.63) is 23.8 Å². The van der Waals surface area contributed by atoms with Crippen molar-refractivity contribution >= 4 is 11.8 Å². The molecular weight excluding hydrogens is 360 g/mol. The molecule has 1 N–H and O–H groups in total. The maximum atomic E-state index is 13.3. The molecule has 1 atom stereocenters. The van der Waals surface area contributed by atoms with E-state index in [-0.39, 0.29) is 17.6 Å². The van der Waals surface area contributed by atoms with Gasteiger partial charge in [-0.25, -0.2) is 0 Å². The van der Waals surface area contributed by atoms with Crippen molar-refractivity contribution in [2.24, 2.45) is 0 Å². The summed E-state index contributed by atoms with van der Waals surface area (Å²) >= 11 is 0. The van der Waals surface area contributed by atoms with Crippen LogP contribution in [0.5, 0.6) is 11.5 Å². The van der Waals surface area contributed by atoms with E-state index in [0.717, 1.165) is 32.4 Å². The van der Waals surface area contributed by atoms with Gasteiger partial charge in [0.25, 0.3) is 5.91 Å². The highest BCUT2D eigenvalue weighted by Gasteiger charge is 2.52. The van der Waals surface area contributed by atoms with Gasteiger partial charge in [0.15, 0.2) is 0 Å². The number of rotatable bonds is 7. The second kappa shape index (κ2) is 8.82. The van der Waals surface area contributed by atoms with E-state index in [2.05, 4.69) is 6.92 Å². The Bertz CT molecular complexity index is 721. The van der Waals surface area contributed by atoms with Gasteiger partial charge in [0.1, 0.15) is 23.6 Å². The van der Waals surface area contributed by atoms with Crippen LogP contribution in [0.1, 0.15) is 49.4 Å². The van der Waals surface area contributed by atoms with Gasteiger partial charge in [-0.1, -0.05) is 6.92 Å². The summed E-state index contributed by atoms with van der Waals surface area (Å²) < 4.78 is 10.5. The summed E-state index contributed by atoms with van der Waals surface area (Å²) in [5, 5.41) is 10.1. The maximum absolute atomic E-state index is 13.3. The lowest BCUT2D eigenvalue weighted by molar-refractivity contribution is -0.145. The van der Waals surface area contributed by atoms with Crippen molar-refractivity contribution in [1.29, 1.82) is 0 Å². The molecule has 3 rings (SSSR count). The highest BCUT2D eigenvalue weighted by Crippen LogP contribution is 2.39. The lowest BCUT2D eigenvalue weighted by Crippen LogP contribution is -2.61. The minimum Gasteiger partial charge on any atom is -0.508 e. The van der Waals surface area contributed by atoms with E-state index in [9.17, 15) is 14.7 Å². The number of hydrogen-bond acceptors (Lipinski definition) is 5. The number of hydrogen-bond donors (Lipinski definition) is 1. The van der Waals surface area contributed by atoms with Crippen molar-refractivity contribution in [2.45, 2.75) is 44.6 Å². The zero-order chi connectivity index (χ0) is 20.1. The molecule has 28 heavy (non-hydrogen) atoms. The smallest absolute Gasteiger partial charge is 0.255 e. The summed E-state index contributed by atoms with van der Waals surface area (Å²) in [4.78, 5) is 30.2. The lowest BCUT2D eigenvalue weighted by atomic mass is 9.85. The summed E-state index contributed by atoms with van der Waals surface area (Å²) in [7, 11) is 1.58. The number of carbonyl (C=O) groups is 2. The first-order chi connectivity index (χ1) is 13.5. The van der Waals surface area contributed by atoms with E-state index in [1.165, 1.54) is 12.1 Å². The number of likely N-dealkylation sites (tertiary alicyclic amines) is 2. The van der Waals surface area contributed by atoms with Crippen LogP contribution in [0.15, 0.2) is 18.2 Å². The summed E-state index contributed by atoms with van der Waals surface area (Å²) in [6.45, 7) is 4.85. The highest BCUT2D eigenvalue weighted by molar-refractivity contribution is 6.00. The zero-order valence-electron chi connectivity index (χ0n) is 16.8. The average Bonchev–Trinajstić information content (AvgIpc) is 3.09. The number of carbonyl (C=O) groups excluding carboxylic acids is 2. The molecule has 2 aliphatic rings. The number of nitrogens with zero attached hydrogens (tertiary/aromatic N) is 2. The van der Waals surface area contributed by atoms with Crippen molar-refractivity contribution in [3.8, 4) is 11.5 Å². The Morgan fingerprint density at radius 3 is 2.64 bits per heavy atom. The number of benzene rings is 1. The minimum atomic E-state index is -0.743. The number of amides is 2. The molecular formula is C21H30N2O5. The van der Waals surface area contributed by atoms with Crippen molar-refractivity contribution in [2.75, 3.05) is 40.0 Å². The molecule has 0 saturated carbocycles. The molecule has 0 radical (unpaired) electrons. The standard InChI is InChI=1S/C21H30N2O5/c1-3-8-22-9-4-6-21(20(22)26)7-5-10-23(21)19(25)16-13-17(24)15-18(14-16)28-12-11-27-2/h13-15,24H,3-12H2,1-2H3. The fourth-order valence-corrected chi connectivity index (χ4v) is 4.39. The maximum Gasteiger partial charge on any atom is 0.255 e. The molecule has 1 spiro atoms.